The number of hydrogen-bond acceptors (Lipinski definition) is 4. The predicted octanol–water partition coefficient (Wildman–Crippen LogP) is 5.97. The molecular formula is C24H20F3NO4. The van der Waals surface area contributed by atoms with Crippen molar-refractivity contribution < 1.29 is 33.0 Å². The second kappa shape index (κ2) is 10.00. The molecule has 1 unspecified atom stereocenters. The molecule has 0 aromatic heterocycles. The highest BCUT2D eigenvalue weighted by Crippen LogP contribution is 2.31. The number of carboxylic acids is 1. The highest BCUT2D eigenvalue weighted by molar-refractivity contribution is 5.77. The first-order valence-corrected chi connectivity index (χ1v) is 9.65. The normalized spacial score (nSPS) is 12.6. The van der Waals surface area contributed by atoms with Gasteiger partial charge in [0, 0.05) is 5.92 Å². The Bertz CT molecular complexity index is 1080. The van der Waals surface area contributed by atoms with E-state index in [-0.39, 0.29) is 13.0 Å². The second-order valence-electron chi connectivity index (χ2n) is 7.10. The van der Waals surface area contributed by atoms with Gasteiger partial charge in [-0.15, -0.1) is 5.16 Å². The SMILES string of the molecule is O=C(O)CC(/C=N/O)c1ccc(OCc2cccc(-c3ccc(C(F)(F)F)cc3)c2)cc1. The fraction of sp³-hybridized carbons (Fsp3) is 0.167. The lowest BCUT2D eigenvalue weighted by Crippen LogP contribution is -2.07. The number of halogens is 3. The van der Waals surface area contributed by atoms with Crippen LogP contribution in [0.4, 0.5) is 13.2 Å². The third-order valence-electron chi connectivity index (χ3n) is 4.83. The molecule has 0 amide bonds. The van der Waals surface area contributed by atoms with E-state index in [1.165, 1.54) is 12.1 Å². The molecule has 166 valence electrons. The zero-order valence-electron chi connectivity index (χ0n) is 16.8. The Labute approximate surface area is 182 Å². The van der Waals surface area contributed by atoms with Crippen LogP contribution < -0.4 is 4.74 Å². The average molecular weight is 443 g/mol. The Morgan fingerprint density at radius 1 is 1.00 bits per heavy atom. The van der Waals surface area contributed by atoms with E-state index >= 15 is 0 Å². The van der Waals surface area contributed by atoms with Crippen LogP contribution in [-0.4, -0.2) is 22.5 Å². The Hall–Kier alpha value is -3.81. The van der Waals surface area contributed by atoms with Crippen LogP contribution in [0.2, 0.25) is 0 Å². The van der Waals surface area contributed by atoms with E-state index in [0.29, 0.717) is 16.9 Å². The van der Waals surface area contributed by atoms with Crippen molar-refractivity contribution in [3.63, 3.8) is 0 Å². The van der Waals surface area contributed by atoms with Gasteiger partial charge in [-0.2, -0.15) is 13.2 Å². The molecule has 0 aliphatic carbocycles. The zero-order chi connectivity index (χ0) is 23.1. The number of hydrogen-bond donors (Lipinski definition) is 2. The van der Waals surface area contributed by atoms with Gasteiger partial charge in [-0.05, 0) is 52.6 Å². The second-order valence-corrected chi connectivity index (χ2v) is 7.10. The molecule has 32 heavy (non-hydrogen) atoms. The van der Waals surface area contributed by atoms with E-state index in [1.807, 2.05) is 18.2 Å². The van der Waals surface area contributed by atoms with E-state index in [0.717, 1.165) is 29.5 Å². The zero-order valence-corrected chi connectivity index (χ0v) is 16.8. The number of oxime groups is 1. The lowest BCUT2D eigenvalue weighted by molar-refractivity contribution is -0.138. The molecule has 0 aliphatic rings. The topological polar surface area (TPSA) is 79.1 Å². The van der Waals surface area contributed by atoms with Crippen molar-refractivity contribution in [2.75, 3.05) is 0 Å². The van der Waals surface area contributed by atoms with Crippen molar-refractivity contribution in [2.45, 2.75) is 25.1 Å². The first-order chi connectivity index (χ1) is 15.3. The number of alkyl halides is 3. The number of benzene rings is 3. The van der Waals surface area contributed by atoms with Crippen molar-refractivity contribution in [2.24, 2.45) is 5.16 Å². The monoisotopic (exact) mass is 443 g/mol. The van der Waals surface area contributed by atoms with Gasteiger partial charge in [0.25, 0.3) is 0 Å². The first kappa shape index (κ1) is 22.9. The molecule has 0 spiro atoms. The smallest absolute Gasteiger partial charge is 0.416 e. The number of ether oxygens (including phenoxy) is 1. The van der Waals surface area contributed by atoms with Gasteiger partial charge in [-0.25, -0.2) is 0 Å². The fourth-order valence-corrected chi connectivity index (χ4v) is 3.20. The van der Waals surface area contributed by atoms with Gasteiger partial charge >= 0.3 is 12.1 Å². The Kier molecular flexibility index (Phi) is 7.14. The summed E-state index contributed by atoms with van der Waals surface area (Å²) in [6.45, 7) is 0.241. The summed E-state index contributed by atoms with van der Waals surface area (Å²) >= 11 is 0. The largest absolute Gasteiger partial charge is 0.489 e. The van der Waals surface area contributed by atoms with E-state index in [9.17, 15) is 18.0 Å². The summed E-state index contributed by atoms with van der Waals surface area (Å²) in [6.07, 6.45) is -3.42. The summed E-state index contributed by atoms with van der Waals surface area (Å²) in [5.41, 5.74) is 2.25. The Morgan fingerprint density at radius 3 is 2.28 bits per heavy atom. The summed E-state index contributed by atoms with van der Waals surface area (Å²) in [6, 6.07) is 19.1. The number of rotatable bonds is 8. The standard InChI is InChI=1S/C24H20F3NO4/c25-24(26,27)21-8-4-17(5-9-21)19-3-1-2-16(12-19)15-32-22-10-6-18(7-11-22)20(14-28-31)13-23(29)30/h1-12,14,20,31H,13,15H2,(H,29,30)/b28-14+. The molecule has 0 aliphatic heterocycles. The maximum absolute atomic E-state index is 12.8. The molecule has 0 bridgehead atoms. The van der Waals surface area contributed by atoms with Gasteiger partial charge in [0.15, 0.2) is 0 Å². The first-order valence-electron chi connectivity index (χ1n) is 9.65. The molecule has 0 heterocycles. The van der Waals surface area contributed by atoms with Gasteiger partial charge in [0.2, 0.25) is 0 Å². The molecule has 0 fully saturated rings. The minimum atomic E-state index is -4.37. The van der Waals surface area contributed by atoms with Crippen LogP contribution in [0.15, 0.2) is 78.0 Å². The van der Waals surface area contributed by atoms with Crippen LogP contribution in [0.25, 0.3) is 11.1 Å². The number of carbonyl (C=O) groups is 1. The quantitative estimate of drug-likeness (QED) is 0.255. The molecule has 1 atom stereocenters. The summed E-state index contributed by atoms with van der Waals surface area (Å²) in [4.78, 5) is 11.0. The van der Waals surface area contributed by atoms with Crippen molar-refractivity contribution in [1.29, 1.82) is 0 Å². The van der Waals surface area contributed by atoms with Crippen molar-refractivity contribution >= 4 is 12.2 Å². The van der Waals surface area contributed by atoms with E-state index in [4.69, 9.17) is 15.1 Å². The average Bonchev–Trinajstić information content (AvgIpc) is 2.77. The Morgan fingerprint density at radius 2 is 1.69 bits per heavy atom. The highest BCUT2D eigenvalue weighted by atomic mass is 19.4. The maximum Gasteiger partial charge on any atom is 0.416 e. The molecule has 5 nitrogen and oxygen atoms in total. The third-order valence-corrected chi connectivity index (χ3v) is 4.83. The third kappa shape index (κ3) is 6.10. The summed E-state index contributed by atoms with van der Waals surface area (Å²) in [5.74, 6) is -1.01. The van der Waals surface area contributed by atoms with Gasteiger partial charge in [0.1, 0.15) is 12.4 Å². The van der Waals surface area contributed by atoms with E-state index < -0.39 is 23.6 Å². The van der Waals surface area contributed by atoms with Gasteiger partial charge in [-0.1, -0.05) is 42.5 Å². The minimum absolute atomic E-state index is 0.207. The lowest BCUT2D eigenvalue weighted by atomic mass is 9.97. The van der Waals surface area contributed by atoms with Crippen LogP contribution in [0, 0.1) is 0 Å². The fourth-order valence-electron chi connectivity index (χ4n) is 3.20. The van der Waals surface area contributed by atoms with E-state index in [2.05, 4.69) is 5.16 Å². The predicted molar refractivity (Wildman–Crippen MR) is 113 cm³/mol. The Balaban J connectivity index is 1.67. The minimum Gasteiger partial charge on any atom is -0.489 e. The van der Waals surface area contributed by atoms with Crippen LogP contribution in [0.5, 0.6) is 5.75 Å². The van der Waals surface area contributed by atoms with Crippen molar-refractivity contribution in [3.8, 4) is 16.9 Å². The molecule has 2 N–H and O–H groups in total. The number of aliphatic carboxylic acids is 1. The molecule has 0 saturated heterocycles. The van der Waals surface area contributed by atoms with Crippen LogP contribution in [0.3, 0.4) is 0 Å². The van der Waals surface area contributed by atoms with Gasteiger partial charge in [-0.3, -0.25) is 4.79 Å². The lowest BCUT2D eigenvalue weighted by Gasteiger charge is -2.12. The number of nitrogens with zero attached hydrogens (tertiary/aromatic N) is 1. The van der Waals surface area contributed by atoms with Crippen LogP contribution in [-0.2, 0) is 17.6 Å². The van der Waals surface area contributed by atoms with Crippen molar-refractivity contribution in [3.05, 3.63) is 89.5 Å². The molecule has 3 rings (SSSR count). The summed E-state index contributed by atoms with van der Waals surface area (Å²) in [5, 5.41) is 20.6. The molecule has 0 radical (unpaired) electrons. The molecule has 3 aromatic rings. The number of carboxylic acid groups (broad SMARTS) is 1. The van der Waals surface area contributed by atoms with E-state index in [1.54, 1.807) is 30.3 Å². The molecular weight excluding hydrogens is 423 g/mol. The molecule has 0 saturated carbocycles. The highest BCUT2D eigenvalue weighted by Gasteiger charge is 2.29. The van der Waals surface area contributed by atoms with Gasteiger partial charge < -0.3 is 15.1 Å². The van der Waals surface area contributed by atoms with Gasteiger partial charge in [0.05, 0.1) is 18.2 Å². The summed E-state index contributed by atoms with van der Waals surface area (Å²) < 4.78 is 44.0. The van der Waals surface area contributed by atoms with Crippen molar-refractivity contribution in [1.82, 2.24) is 0 Å². The molecule has 3 aromatic carbocycles. The molecule has 8 heteroatoms. The van der Waals surface area contributed by atoms with Crippen LogP contribution in [0.1, 0.15) is 29.0 Å². The maximum atomic E-state index is 12.8. The summed E-state index contributed by atoms with van der Waals surface area (Å²) in [7, 11) is 0. The van der Waals surface area contributed by atoms with Crippen LogP contribution >= 0.6 is 0 Å².